The van der Waals surface area contributed by atoms with Gasteiger partial charge < -0.3 is 15.2 Å². The first-order chi connectivity index (χ1) is 11.8. The van der Waals surface area contributed by atoms with Crippen LogP contribution in [0.3, 0.4) is 0 Å². The predicted molar refractivity (Wildman–Crippen MR) is 96.2 cm³/mol. The Morgan fingerprint density at radius 3 is 2.48 bits per heavy atom. The number of amides is 1. The summed E-state index contributed by atoms with van der Waals surface area (Å²) >= 11 is 0. The average Bonchev–Trinajstić information content (AvgIpc) is 2.55. The molecule has 0 aromatic heterocycles. The topological polar surface area (TPSA) is 95.9 Å². The van der Waals surface area contributed by atoms with Crippen molar-refractivity contribution in [3.63, 3.8) is 0 Å². The Hall–Kier alpha value is -1.80. The van der Waals surface area contributed by atoms with Gasteiger partial charge in [-0.05, 0) is 44.0 Å². The second-order valence-corrected chi connectivity index (χ2v) is 8.13. The first kappa shape index (κ1) is 19.5. The van der Waals surface area contributed by atoms with Gasteiger partial charge in [-0.3, -0.25) is 9.10 Å². The molecular formula is C17H26N2O5S. The number of ether oxygens (including phenoxy) is 1. The molecule has 0 unspecified atom stereocenters. The number of hydrogen-bond donors (Lipinski definition) is 2. The number of anilines is 1. The zero-order valence-corrected chi connectivity index (χ0v) is 15.5. The van der Waals surface area contributed by atoms with Gasteiger partial charge in [0.1, 0.15) is 12.3 Å². The molecular weight excluding hydrogens is 344 g/mol. The van der Waals surface area contributed by atoms with E-state index < -0.39 is 22.0 Å². The zero-order chi connectivity index (χ0) is 18.4. The molecule has 1 saturated carbocycles. The predicted octanol–water partition coefficient (Wildman–Crippen LogP) is 1.27. The van der Waals surface area contributed by atoms with Crippen LogP contribution in [0.1, 0.15) is 32.6 Å². The third-order valence-electron chi connectivity index (χ3n) is 4.20. The average molecular weight is 370 g/mol. The molecule has 1 aromatic carbocycles. The molecule has 2 N–H and O–H groups in total. The highest BCUT2D eigenvalue weighted by atomic mass is 32.2. The molecule has 0 spiro atoms. The molecule has 1 aliphatic carbocycles. The fourth-order valence-corrected chi connectivity index (χ4v) is 3.79. The van der Waals surface area contributed by atoms with Crippen molar-refractivity contribution in [1.29, 1.82) is 0 Å². The van der Waals surface area contributed by atoms with Crippen LogP contribution >= 0.6 is 0 Å². The summed E-state index contributed by atoms with van der Waals surface area (Å²) in [4.78, 5) is 12.3. The fourth-order valence-electron chi connectivity index (χ4n) is 2.94. The van der Waals surface area contributed by atoms with E-state index in [0.29, 0.717) is 30.9 Å². The van der Waals surface area contributed by atoms with Crippen LogP contribution in [-0.2, 0) is 14.8 Å². The highest BCUT2D eigenvalue weighted by Gasteiger charge is 2.27. The fraction of sp³-hybridized carbons (Fsp3) is 0.588. The van der Waals surface area contributed by atoms with Crippen LogP contribution in [0.25, 0.3) is 0 Å². The van der Waals surface area contributed by atoms with Crippen LogP contribution < -0.4 is 14.4 Å². The van der Waals surface area contributed by atoms with Crippen LogP contribution in [0, 0.1) is 0 Å². The summed E-state index contributed by atoms with van der Waals surface area (Å²) in [6.45, 7) is 2.05. The third kappa shape index (κ3) is 5.61. The molecule has 1 amide bonds. The standard InChI is InChI=1S/C17H26N2O5S/c1-3-24-14-10-8-13(9-11-14)19(25(2,22)23)12-17(21)18-15-6-4-5-7-16(15)20/h8-11,15-16,20H,3-7,12H2,1-2H3,(H,18,21)/t15-,16+/m0/s1. The Morgan fingerprint density at radius 1 is 1.28 bits per heavy atom. The van der Waals surface area contributed by atoms with Crippen LogP contribution in [-0.4, -0.2) is 51.0 Å². The number of rotatable bonds is 7. The minimum absolute atomic E-state index is 0.317. The van der Waals surface area contributed by atoms with E-state index in [1.807, 2.05) is 6.92 Å². The third-order valence-corrected chi connectivity index (χ3v) is 5.34. The minimum Gasteiger partial charge on any atom is -0.494 e. The van der Waals surface area contributed by atoms with E-state index in [4.69, 9.17) is 4.74 Å². The van der Waals surface area contributed by atoms with Crippen molar-refractivity contribution < 1.29 is 23.1 Å². The van der Waals surface area contributed by atoms with Crippen molar-refractivity contribution in [3.8, 4) is 5.75 Å². The first-order valence-corrected chi connectivity index (χ1v) is 10.3. The lowest BCUT2D eigenvalue weighted by molar-refractivity contribution is -0.121. The molecule has 2 rings (SSSR count). The highest BCUT2D eigenvalue weighted by molar-refractivity contribution is 7.92. The quantitative estimate of drug-likeness (QED) is 0.754. The summed E-state index contributed by atoms with van der Waals surface area (Å²) < 4.78 is 30.6. The Morgan fingerprint density at radius 2 is 1.92 bits per heavy atom. The molecule has 0 heterocycles. The molecule has 25 heavy (non-hydrogen) atoms. The summed E-state index contributed by atoms with van der Waals surface area (Å²) in [7, 11) is -3.62. The van der Waals surface area contributed by atoms with Crippen LogP contribution in [0.15, 0.2) is 24.3 Å². The summed E-state index contributed by atoms with van der Waals surface area (Å²) in [5, 5.41) is 12.7. The molecule has 1 fully saturated rings. The molecule has 0 saturated heterocycles. The van der Waals surface area contributed by atoms with Gasteiger partial charge in [-0.2, -0.15) is 0 Å². The molecule has 0 bridgehead atoms. The maximum Gasteiger partial charge on any atom is 0.241 e. The van der Waals surface area contributed by atoms with Crippen molar-refractivity contribution in [3.05, 3.63) is 24.3 Å². The van der Waals surface area contributed by atoms with Gasteiger partial charge in [-0.25, -0.2) is 8.42 Å². The molecule has 2 atom stereocenters. The number of nitrogens with zero attached hydrogens (tertiary/aromatic N) is 1. The second kappa shape index (κ2) is 8.53. The number of aliphatic hydroxyl groups excluding tert-OH is 1. The normalized spacial score (nSPS) is 20.8. The number of sulfonamides is 1. The molecule has 7 nitrogen and oxygen atoms in total. The van der Waals surface area contributed by atoms with Crippen molar-refractivity contribution >= 4 is 21.6 Å². The first-order valence-electron chi connectivity index (χ1n) is 8.49. The van der Waals surface area contributed by atoms with Gasteiger partial charge in [0.15, 0.2) is 0 Å². The minimum atomic E-state index is -3.62. The monoisotopic (exact) mass is 370 g/mol. The lowest BCUT2D eigenvalue weighted by Gasteiger charge is -2.29. The van der Waals surface area contributed by atoms with E-state index in [-0.39, 0.29) is 12.6 Å². The Bertz CT molecular complexity index is 675. The van der Waals surface area contributed by atoms with Gasteiger partial charge in [0.05, 0.1) is 30.7 Å². The smallest absolute Gasteiger partial charge is 0.241 e. The largest absolute Gasteiger partial charge is 0.494 e. The number of carbonyl (C=O) groups is 1. The summed E-state index contributed by atoms with van der Waals surface area (Å²) in [6, 6.07) is 6.23. The number of nitrogens with one attached hydrogen (secondary N) is 1. The van der Waals surface area contributed by atoms with Crippen molar-refractivity contribution in [2.24, 2.45) is 0 Å². The summed E-state index contributed by atoms with van der Waals surface area (Å²) in [6.07, 6.45) is 3.72. The Balaban J connectivity index is 2.08. The molecule has 0 aliphatic heterocycles. The maximum atomic E-state index is 12.3. The van der Waals surface area contributed by atoms with Crippen molar-refractivity contribution in [2.75, 3.05) is 23.7 Å². The number of aliphatic hydroxyl groups is 1. The number of carbonyl (C=O) groups excluding carboxylic acids is 1. The molecule has 140 valence electrons. The zero-order valence-electron chi connectivity index (χ0n) is 14.6. The highest BCUT2D eigenvalue weighted by Crippen LogP contribution is 2.22. The van der Waals surface area contributed by atoms with Crippen LogP contribution in [0.4, 0.5) is 5.69 Å². The van der Waals surface area contributed by atoms with Gasteiger partial charge in [0.2, 0.25) is 15.9 Å². The lowest BCUT2D eigenvalue weighted by Crippen LogP contribution is -2.49. The lowest BCUT2D eigenvalue weighted by atomic mass is 9.92. The summed E-state index contributed by atoms with van der Waals surface area (Å²) in [5.41, 5.74) is 0.394. The van der Waals surface area contributed by atoms with E-state index in [1.54, 1.807) is 24.3 Å². The van der Waals surface area contributed by atoms with E-state index in [9.17, 15) is 18.3 Å². The van der Waals surface area contributed by atoms with E-state index in [0.717, 1.165) is 23.4 Å². The van der Waals surface area contributed by atoms with Gasteiger partial charge >= 0.3 is 0 Å². The number of hydrogen-bond acceptors (Lipinski definition) is 5. The Kier molecular flexibility index (Phi) is 6.66. The SMILES string of the molecule is CCOc1ccc(N(CC(=O)N[C@H]2CCCC[C@H]2O)S(C)(=O)=O)cc1. The number of benzene rings is 1. The van der Waals surface area contributed by atoms with Gasteiger partial charge in [0, 0.05) is 0 Å². The molecule has 0 radical (unpaired) electrons. The van der Waals surface area contributed by atoms with Gasteiger partial charge in [-0.15, -0.1) is 0 Å². The van der Waals surface area contributed by atoms with E-state index in [2.05, 4.69) is 5.32 Å². The maximum absolute atomic E-state index is 12.3. The van der Waals surface area contributed by atoms with Gasteiger partial charge in [0.25, 0.3) is 0 Å². The van der Waals surface area contributed by atoms with Gasteiger partial charge in [-0.1, -0.05) is 12.8 Å². The Labute approximate surface area is 149 Å². The second-order valence-electron chi connectivity index (χ2n) is 6.22. The van der Waals surface area contributed by atoms with Crippen LogP contribution in [0.2, 0.25) is 0 Å². The molecule has 8 heteroatoms. The van der Waals surface area contributed by atoms with Crippen molar-refractivity contribution in [1.82, 2.24) is 5.32 Å². The summed E-state index contributed by atoms with van der Waals surface area (Å²) in [5.74, 6) is 0.208. The van der Waals surface area contributed by atoms with Crippen LogP contribution in [0.5, 0.6) is 5.75 Å². The van der Waals surface area contributed by atoms with E-state index in [1.165, 1.54) is 0 Å². The molecule has 1 aliphatic rings. The molecule has 1 aromatic rings. The van der Waals surface area contributed by atoms with Crippen molar-refractivity contribution in [2.45, 2.75) is 44.8 Å². The van der Waals surface area contributed by atoms with E-state index >= 15 is 0 Å².